The van der Waals surface area contributed by atoms with Gasteiger partial charge in [0.15, 0.2) is 0 Å². The van der Waals surface area contributed by atoms with Gasteiger partial charge in [-0.15, -0.1) is 0 Å². The van der Waals surface area contributed by atoms with E-state index in [0.29, 0.717) is 28.6 Å². The SMILES string of the molecule is CCCCCn1c(-c2ccc(C(=O)NC[C@H](O)CO)cc2)cc(=O)n2cc(-c3ccc(Cl)cc3)nc12. The number of fused-ring (bicyclic) bond motifs is 1. The normalized spacial score (nSPS) is 12.1. The number of imidazole rings is 1. The summed E-state index contributed by atoms with van der Waals surface area (Å²) in [7, 11) is 0. The number of amides is 1. The summed E-state index contributed by atoms with van der Waals surface area (Å²) in [6.07, 6.45) is 3.77. The van der Waals surface area contributed by atoms with Crippen molar-refractivity contribution in [1.82, 2.24) is 19.3 Å². The Bertz CT molecular complexity index is 1390. The first-order valence-electron chi connectivity index (χ1n) is 12.0. The number of carbonyl (C=O) groups is 1. The minimum Gasteiger partial charge on any atom is -0.394 e. The highest BCUT2D eigenvalue weighted by molar-refractivity contribution is 6.30. The fraction of sp³-hybridized carbons (Fsp3) is 0.296. The summed E-state index contributed by atoms with van der Waals surface area (Å²) in [6, 6.07) is 15.9. The van der Waals surface area contributed by atoms with Crippen LogP contribution in [0.3, 0.4) is 0 Å². The van der Waals surface area contributed by atoms with Gasteiger partial charge in [0.2, 0.25) is 5.78 Å². The monoisotopic (exact) mass is 508 g/mol. The molecule has 8 nitrogen and oxygen atoms in total. The van der Waals surface area contributed by atoms with Crippen molar-refractivity contribution in [3.05, 3.63) is 81.7 Å². The molecule has 2 aromatic carbocycles. The third-order valence-corrected chi connectivity index (χ3v) is 6.25. The van der Waals surface area contributed by atoms with Gasteiger partial charge in [-0.25, -0.2) is 4.98 Å². The smallest absolute Gasteiger partial charge is 0.259 e. The van der Waals surface area contributed by atoms with Crippen molar-refractivity contribution in [2.24, 2.45) is 0 Å². The lowest BCUT2D eigenvalue weighted by atomic mass is 10.1. The number of aliphatic hydroxyl groups excluding tert-OH is 2. The van der Waals surface area contributed by atoms with E-state index < -0.39 is 12.7 Å². The van der Waals surface area contributed by atoms with E-state index in [1.165, 1.54) is 0 Å². The van der Waals surface area contributed by atoms with Crippen LogP contribution in [0.2, 0.25) is 5.02 Å². The molecule has 0 spiro atoms. The highest BCUT2D eigenvalue weighted by Gasteiger charge is 2.16. The highest BCUT2D eigenvalue weighted by Crippen LogP contribution is 2.25. The zero-order chi connectivity index (χ0) is 25.7. The number of rotatable bonds is 10. The Balaban J connectivity index is 1.73. The minimum absolute atomic E-state index is 0.0411. The van der Waals surface area contributed by atoms with Crippen LogP contribution in [0.5, 0.6) is 0 Å². The number of unbranched alkanes of at least 4 members (excludes halogenated alkanes) is 2. The van der Waals surface area contributed by atoms with Gasteiger partial charge in [-0.2, -0.15) is 0 Å². The fourth-order valence-corrected chi connectivity index (χ4v) is 4.13. The van der Waals surface area contributed by atoms with Gasteiger partial charge in [0.05, 0.1) is 24.1 Å². The number of hydrogen-bond acceptors (Lipinski definition) is 5. The van der Waals surface area contributed by atoms with E-state index in [1.807, 2.05) is 16.7 Å². The average molecular weight is 509 g/mol. The van der Waals surface area contributed by atoms with Crippen LogP contribution < -0.4 is 10.9 Å². The average Bonchev–Trinajstić information content (AvgIpc) is 3.35. The first-order valence-corrected chi connectivity index (χ1v) is 12.4. The molecule has 0 fully saturated rings. The molecular weight excluding hydrogens is 480 g/mol. The van der Waals surface area contributed by atoms with E-state index in [1.54, 1.807) is 53.1 Å². The maximum absolute atomic E-state index is 13.1. The molecule has 1 atom stereocenters. The molecule has 0 aliphatic rings. The Labute approximate surface area is 213 Å². The zero-order valence-corrected chi connectivity index (χ0v) is 20.8. The molecule has 3 N–H and O–H groups in total. The van der Waals surface area contributed by atoms with Crippen LogP contribution in [0, 0.1) is 0 Å². The van der Waals surface area contributed by atoms with Crippen molar-refractivity contribution in [2.45, 2.75) is 38.8 Å². The van der Waals surface area contributed by atoms with Crippen LogP contribution >= 0.6 is 11.6 Å². The Morgan fingerprint density at radius 1 is 1.08 bits per heavy atom. The van der Waals surface area contributed by atoms with Crippen LogP contribution in [-0.4, -0.2) is 49.3 Å². The van der Waals surface area contributed by atoms with E-state index in [4.69, 9.17) is 21.7 Å². The lowest BCUT2D eigenvalue weighted by Crippen LogP contribution is -2.33. The summed E-state index contributed by atoms with van der Waals surface area (Å²) in [5.74, 6) is 0.198. The van der Waals surface area contributed by atoms with Crippen molar-refractivity contribution in [3.8, 4) is 22.5 Å². The third kappa shape index (κ3) is 5.67. The van der Waals surface area contributed by atoms with E-state index in [0.717, 1.165) is 36.1 Å². The van der Waals surface area contributed by atoms with Crippen molar-refractivity contribution in [1.29, 1.82) is 0 Å². The van der Waals surface area contributed by atoms with Crippen LogP contribution in [-0.2, 0) is 6.54 Å². The van der Waals surface area contributed by atoms with Crippen LogP contribution in [0.15, 0.2) is 65.6 Å². The van der Waals surface area contributed by atoms with E-state index in [2.05, 4.69) is 12.2 Å². The summed E-state index contributed by atoms with van der Waals surface area (Å²) in [4.78, 5) is 30.3. The first kappa shape index (κ1) is 25.6. The summed E-state index contributed by atoms with van der Waals surface area (Å²) in [5, 5.41) is 21.6. The van der Waals surface area contributed by atoms with Gasteiger partial charge in [-0.05, 0) is 36.2 Å². The van der Waals surface area contributed by atoms with E-state index >= 15 is 0 Å². The van der Waals surface area contributed by atoms with Gasteiger partial charge in [-0.3, -0.25) is 14.0 Å². The lowest BCUT2D eigenvalue weighted by molar-refractivity contribution is 0.0802. The fourth-order valence-electron chi connectivity index (χ4n) is 4.00. The number of aromatic nitrogens is 3. The largest absolute Gasteiger partial charge is 0.394 e. The van der Waals surface area contributed by atoms with Gasteiger partial charge >= 0.3 is 0 Å². The van der Waals surface area contributed by atoms with Crippen LogP contribution in [0.4, 0.5) is 0 Å². The molecule has 2 aromatic heterocycles. The number of nitrogens with zero attached hydrogens (tertiary/aromatic N) is 3. The Kier molecular flexibility index (Phi) is 8.20. The molecule has 0 saturated carbocycles. The minimum atomic E-state index is -1.01. The molecule has 0 aliphatic carbocycles. The first-order chi connectivity index (χ1) is 17.4. The number of hydrogen-bond donors (Lipinski definition) is 3. The maximum atomic E-state index is 13.1. The molecular formula is C27H29ClN4O4. The van der Waals surface area contributed by atoms with Gasteiger partial charge in [0.25, 0.3) is 11.5 Å². The second-order valence-corrected chi connectivity index (χ2v) is 9.09. The standard InChI is InChI=1S/C27H29ClN4O4/c1-2-3-4-13-31-24(19-5-7-20(8-6-19)26(36)29-15-22(34)17-33)14-25(35)32-16-23(30-27(31)32)18-9-11-21(28)12-10-18/h5-12,14,16,22,33-34H,2-4,13,15,17H2,1H3,(H,29,36)/t22-/m0/s1. The number of aliphatic hydroxyl groups is 2. The van der Waals surface area contributed by atoms with Crippen LogP contribution in [0.1, 0.15) is 36.5 Å². The van der Waals surface area contributed by atoms with E-state index in [9.17, 15) is 14.7 Å². The van der Waals surface area contributed by atoms with Crippen molar-refractivity contribution in [3.63, 3.8) is 0 Å². The molecule has 9 heteroatoms. The molecule has 0 unspecified atom stereocenters. The molecule has 4 rings (SSSR count). The second kappa shape index (κ2) is 11.5. The third-order valence-electron chi connectivity index (χ3n) is 5.99. The summed E-state index contributed by atoms with van der Waals surface area (Å²) in [6.45, 7) is 2.36. The summed E-state index contributed by atoms with van der Waals surface area (Å²) >= 11 is 6.03. The maximum Gasteiger partial charge on any atom is 0.259 e. The molecule has 2 heterocycles. The lowest BCUT2D eigenvalue weighted by Gasteiger charge is -2.15. The predicted molar refractivity (Wildman–Crippen MR) is 140 cm³/mol. The quantitative estimate of drug-likeness (QED) is 0.283. The second-order valence-electron chi connectivity index (χ2n) is 8.65. The van der Waals surface area contributed by atoms with E-state index in [-0.39, 0.29) is 18.0 Å². The van der Waals surface area contributed by atoms with Gasteiger partial charge in [-0.1, -0.05) is 55.6 Å². The van der Waals surface area contributed by atoms with Crippen LogP contribution in [0.25, 0.3) is 28.3 Å². The molecule has 4 aromatic rings. The predicted octanol–water partition coefficient (Wildman–Crippen LogP) is 3.76. The molecule has 0 aliphatic heterocycles. The Morgan fingerprint density at radius 3 is 2.44 bits per heavy atom. The Morgan fingerprint density at radius 2 is 1.78 bits per heavy atom. The molecule has 0 saturated heterocycles. The number of halogens is 1. The molecule has 188 valence electrons. The number of benzene rings is 2. The zero-order valence-electron chi connectivity index (χ0n) is 20.0. The van der Waals surface area contributed by atoms with Crippen molar-refractivity contribution < 1.29 is 15.0 Å². The van der Waals surface area contributed by atoms with Crippen molar-refractivity contribution >= 4 is 23.3 Å². The topological polar surface area (TPSA) is 109 Å². The number of nitrogens with one attached hydrogen (secondary N) is 1. The number of aryl methyl sites for hydroxylation is 1. The molecule has 0 radical (unpaired) electrons. The van der Waals surface area contributed by atoms with Gasteiger partial charge in [0.1, 0.15) is 0 Å². The van der Waals surface area contributed by atoms with Gasteiger partial charge < -0.3 is 20.1 Å². The summed E-state index contributed by atoms with van der Waals surface area (Å²) < 4.78 is 3.61. The highest BCUT2D eigenvalue weighted by atomic mass is 35.5. The van der Waals surface area contributed by atoms with Crippen molar-refractivity contribution in [2.75, 3.05) is 13.2 Å². The molecule has 0 bridgehead atoms. The molecule has 36 heavy (non-hydrogen) atoms. The number of carbonyl (C=O) groups excluding carboxylic acids is 1. The molecule has 1 amide bonds. The van der Waals surface area contributed by atoms with Gasteiger partial charge in [0, 0.05) is 41.5 Å². The Hall–Kier alpha value is -3.46. The summed E-state index contributed by atoms with van der Waals surface area (Å²) in [5.41, 5.74) is 3.27.